The summed E-state index contributed by atoms with van der Waals surface area (Å²) in [5.41, 5.74) is 17.7. The number of aromatic nitrogens is 1. The molecule has 1 fully saturated rings. The first-order chi connectivity index (χ1) is 26.2. The molecule has 3 rings (SSSR count). The number of carbonyl (C=O) groups excluding carboxylic acids is 6. The van der Waals surface area contributed by atoms with Crippen LogP contribution in [0.3, 0.4) is 0 Å². The maximum absolute atomic E-state index is 14.1. The van der Waals surface area contributed by atoms with Crippen molar-refractivity contribution in [3.8, 4) is 0 Å². The number of hydrogen-bond acceptors (Lipinski definition) is 12. The summed E-state index contributed by atoms with van der Waals surface area (Å²) in [6.07, 6.45) is 3.56. The molecule has 3 amide bonds. The third kappa shape index (κ3) is 15.0. The Hall–Kier alpha value is -4.32. The Balaban J connectivity index is 1.83. The Morgan fingerprint density at radius 3 is 2.27 bits per heavy atom. The van der Waals surface area contributed by atoms with Gasteiger partial charge in [0.15, 0.2) is 16.8 Å². The van der Waals surface area contributed by atoms with E-state index in [1.807, 2.05) is 13.8 Å². The van der Waals surface area contributed by atoms with Crippen molar-refractivity contribution in [2.75, 3.05) is 32.8 Å². The van der Waals surface area contributed by atoms with Crippen LogP contribution in [0.15, 0.2) is 23.2 Å². The lowest BCUT2D eigenvalue weighted by Gasteiger charge is -2.25. The number of amides is 3. The minimum Gasteiger partial charge on any atom is -0.396 e. The van der Waals surface area contributed by atoms with Crippen molar-refractivity contribution in [1.29, 1.82) is 0 Å². The van der Waals surface area contributed by atoms with Crippen LogP contribution in [0, 0.1) is 17.8 Å². The van der Waals surface area contributed by atoms with Crippen LogP contribution in [-0.4, -0.2) is 102 Å². The molecular weight excluding hydrogens is 727 g/mol. The second-order valence-corrected chi connectivity index (χ2v) is 15.7. The summed E-state index contributed by atoms with van der Waals surface area (Å²) < 4.78 is 0.643. The Morgan fingerprint density at radius 1 is 0.964 bits per heavy atom. The van der Waals surface area contributed by atoms with Gasteiger partial charge in [-0.1, -0.05) is 13.8 Å². The predicted octanol–water partition coefficient (Wildman–Crippen LogP) is 1.32. The van der Waals surface area contributed by atoms with Crippen molar-refractivity contribution in [2.24, 2.45) is 39.9 Å². The van der Waals surface area contributed by atoms with Gasteiger partial charge >= 0.3 is 0 Å². The molecule has 0 radical (unpaired) electrons. The standard InChI is InChI=1S/C38H59N9O7S/c1-22(2)17-25(19-31(50)28(7-4-5-13-39)45-36(54)26(21-48)18-23(3)49)35(53)46-30(8-6-14-43-38(40)41)33(51)37-47-29-10-9-24(20-32(29)55-37)34(52)44-27-11-15-42-16-12-27/h9-10,20,22,25-28,30,42,48H,4-8,11-19,21,39H2,1-3H3,(H,44,52)(H,45,54)(H,46,53)(H4,40,41,43)/t25-,26+,28+,30+/m1/s1. The molecule has 304 valence electrons. The van der Waals surface area contributed by atoms with Gasteiger partial charge in [0.05, 0.1) is 34.8 Å². The quantitative estimate of drug-likeness (QED) is 0.0324. The Labute approximate surface area is 326 Å². The second-order valence-electron chi connectivity index (χ2n) is 14.7. The van der Waals surface area contributed by atoms with E-state index in [-0.39, 0.29) is 72.6 Å². The van der Waals surface area contributed by atoms with Crippen molar-refractivity contribution in [2.45, 2.75) is 103 Å². The van der Waals surface area contributed by atoms with Gasteiger partial charge < -0.3 is 48.4 Å². The fourth-order valence-corrected chi connectivity index (χ4v) is 7.54. The molecule has 0 saturated carbocycles. The number of Topliss-reactive ketones (excluding diaryl/α,β-unsaturated/α-hetero) is 3. The van der Waals surface area contributed by atoms with Crippen LogP contribution in [0.25, 0.3) is 10.2 Å². The summed E-state index contributed by atoms with van der Waals surface area (Å²) in [4.78, 5) is 88.1. The number of aliphatic imine (C=N–C) groups is 1. The monoisotopic (exact) mass is 785 g/mol. The molecule has 2 heterocycles. The molecule has 11 N–H and O–H groups in total. The van der Waals surface area contributed by atoms with Gasteiger partial charge in [0.25, 0.3) is 5.91 Å². The maximum Gasteiger partial charge on any atom is 0.251 e. The lowest BCUT2D eigenvalue weighted by atomic mass is 9.88. The highest BCUT2D eigenvalue weighted by molar-refractivity contribution is 7.20. The van der Waals surface area contributed by atoms with Crippen molar-refractivity contribution in [3.05, 3.63) is 28.8 Å². The van der Waals surface area contributed by atoms with Gasteiger partial charge in [-0.15, -0.1) is 11.3 Å². The number of benzene rings is 1. The highest BCUT2D eigenvalue weighted by Gasteiger charge is 2.33. The summed E-state index contributed by atoms with van der Waals surface area (Å²) in [6.45, 7) is 6.87. The van der Waals surface area contributed by atoms with E-state index in [9.17, 15) is 33.9 Å². The maximum atomic E-state index is 14.1. The van der Waals surface area contributed by atoms with Crippen LogP contribution in [0.5, 0.6) is 0 Å². The molecule has 0 bridgehead atoms. The number of fused-ring (bicyclic) bond motifs is 1. The molecule has 1 aliphatic rings. The van der Waals surface area contributed by atoms with E-state index in [0.717, 1.165) is 37.3 Å². The van der Waals surface area contributed by atoms with Crippen LogP contribution < -0.4 is 38.5 Å². The molecule has 4 atom stereocenters. The summed E-state index contributed by atoms with van der Waals surface area (Å²) in [5.74, 6) is -4.35. The van der Waals surface area contributed by atoms with Gasteiger partial charge in [-0.25, -0.2) is 4.98 Å². The number of guanidine groups is 1. The largest absolute Gasteiger partial charge is 0.396 e. The van der Waals surface area contributed by atoms with E-state index in [0.29, 0.717) is 48.0 Å². The lowest BCUT2D eigenvalue weighted by molar-refractivity contribution is -0.135. The molecule has 0 spiro atoms. The second kappa shape index (κ2) is 22.9. The number of thiazole rings is 1. The molecule has 55 heavy (non-hydrogen) atoms. The number of aliphatic hydroxyl groups excluding tert-OH is 1. The SMILES string of the molecule is CC(=O)C[C@@H](CO)C(=O)N[C@@H](CCCCN)C(=O)C[C@@H](CC(C)C)C(=O)N[C@@H](CCCN=C(N)N)C(=O)c1nc2ccc(C(=O)NC3CCNCC3)cc2s1. The zero-order chi connectivity index (χ0) is 40.5. The van der Waals surface area contributed by atoms with E-state index in [1.165, 1.54) is 6.92 Å². The summed E-state index contributed by atoms with van der Waals surface area (Å²) in [5, 5.41) is 21.8. The number of piperidine rings is 1. The number of nitrogens with two attached hydrogens (primary N) is 3. The van der Waals surface area contributed by atoms with Crippen LogP contribution in [0.4, 0.5) is 0 Å². The first-order valence-electron chi connectivity index (χ1n) is 19.2. The summed E-state index contributed by atoms with van der Waals surface area (Å²) in [6, 6.07) is 3.18. The average molecular weight is 786 g/mol. The molecule has 0 unspecified atom stereocenters. The number of aliphatic hydroxyl groups is 1. The zero-order valence-corrected chi connectivity index (χ0v) is 33.1. The predicted molar refractivity (Wildman–Crippen MR) is 212 cm³/mol. The van der Waals surface area contributed by atoms with E-state index < -0.39 is 48.1 Å². The fraction of sp³-hybridized carbons (Fsp3) is 0.632. The van der Waals surface area contributed by atoms with Gasteiger partial charge in [-0.3, -0.25) is 29.0 Å². The van der Waals surface area contributed by atoms with Crippen LogP contribution >= 0.6 is 11.3 Å². The highest BCUT2D eigenvalue weighted by Crippen LogP contribution is 2.26. The van der Waals surface area contributed by atoms with Gasteiger partial charge in [0, 0.05) is 36.9 Å². The fourth-order valence-electron chi connectivity index (χ4n) is 6.54. The van der Waals surface area contributed by atoms with Gasteiger partial charge in [-0.2, -0.15) is 0 Å². The van der Waals surface area contributed by atoms with Crippen molar-refractivity contribution in [1.82, 2.24) is 26.3 Å². The number of nitrogens with one attached hydrogen (secondary N) is 4. The number of rotatable bonds is 24. The van der Waals surface area contributed by atoms with Crippen LogP contribution in [-0.2, 0) is 19.2 Å². The Kier molecular flexibility index (Phi) is 18.8. The minimum absolute atomic E-state index is 0.00428. The third-order valence-electron chi connectivity index (χ3n) is 9.47. The molecule has 1 aromatic carbocycles. The van der Waals surface area contributed by atoms with Crippen LogP contribution in [0.1, 0.15) is 105 Å². The van der Waals surface area contributed by atoms with Crippen molar-refractivity contribution in [3.63, 3.8) is 0 Å². The molecule has 1 aliphatic heterocycles. The first-order valence-corrected chi connectivity index (χ1v) is 20.0. The van der Waals surface area contributed by atoms with Crippen molar-refractivity contribution >= 4 is 62.6 Å². The van der Waals surface area contributed by atoms with E-state index in [1.54, 1.807) is 18.2 Å². The lowest BCUT2D eigenvalue weighted by Crippen LogP contribution is -2.47. The van der Waals surface area contributed by atoms with Crippen LogP contribution in [0.2, 0.25) is 0 Å². The highest BCUT2D eigenvalue weighted by atomic mass is 32.1. The Morgan fingerprint density at radius 2 is 1.64 bits per heavy atom. The number of unbranched alkanes of at least 4 members (excludes halogenated alkanes) is 1. The van der Waals surface area contributed by atoms with Gasteiger partial charge in [0.2, 0.25) is 17.6 Å². The Bertz CT molecular complexity index is 1650. The van der Waals surface area contributed by atoms with E-state index in [2.05, 4.69) is 31.2 Å². The van der Waals surface area contributed by atoms with E-state index in [4.69, 9.17) is 17.2 Å². The first kappa shape index (κ1) is 45.1. The molecule has 2 aromatic rings. The zero-order valence-electron chi connectivity index (χ0n) is 32.2. The van der Waals surface area contributed by atoms with Gasteiger partial charge in [-0.05, 0) is 102 Å². The molecule has 1 saturated heterocycles. The number of nitrogens with zero attached hydrogens (tertiary/aromatic N) is 2. The molecular formula is C38H59N9O7S. The minimum atomic E-state index is -1.02. The summed E-state index contributed by atoms with van der Waals surface area (Å²) >= 11 is 1.13. The average Bonchev–Trinajstić information content (AvgIpc) is 3.57. The topological polar surface area (TPSA) is 274 Å². The molecule has 0 aliphatic carbocycles. The van der Waals surface area contributed by atoms with Gasteiger partial charge in [0.1, 0.15) is 5.78 Å². The smallest absolute Gasteiger partial charge is 0.251 e. The number of ketones is 3. The normalized spacial score (nSPS) is 15.5. The molecule has 1 aromatic heterocycles. The van der Waals surface area contributed by atoms with E-state index >= 15 is 0 Å². The molecule has 16 nitrogen and oxygen atoms in total. The van der Waals surface area contributed by atoms with Crippen molar-refractivity contribution < 1.29 is 33.9 Å². The number of carbonyl (C=O) groups is 6. The number of hydrogen-bond donors (Lipinski definition) is 8. The molecule has 17 heteroatoms. The third-order valence-corrected chi connectivity index (χ3v) is 10.5. The summed E-state index contributed by atoms with van der Waals surface area (Å²) in [7, 11) is 0.